The van der Waals surface area contributed by atoms with Crippen molar-refractivity contribution in [2.75, 3.05) is 5.75 Å². The minimum absolute atomic E-state index is 0.0366. The number of fused-ring (bicyclic) bond motifs is 3. The van der Waals surface area contributed by atoms with Crippen LogP contribution in [0.3, 0.4) is 0 Å². The zero-order chi connectivity index (χ0) is 19.5. The van der Waals surface area contributed by atoms with Crippen LogP contribution in [0.4, 0.5) is 5.69 Å². The van der Waals surface area contributed by atoms with Crippen LogP contribution in [0.15, 0.2) is 34.3 Å². The molecule has 1 N–H and O–H groups in total. The lowest BCUT2D eigenvalue weighted by molar-refractivity contribution is -0.120. The fourth-order valence-electron chi connectivity index (χ4n) is 4.10. The molecule has 6 nitrogen and oxygen atoms in total. The Kier molecular flexibility index (Phi) is 5.80. The number of hydrogen-bond donors (Lipinski definition) is 1. The van der Waals surface area contributed by atoms with Gasteiger partial charge >= 0.3 is 0 Å². The molecule has 1 aromatic carbocycles. The van der Waals surface area contributed by atoms with E-state index in [0.717, 1.165) is 36.9 Å². The number of carbonyl (C=O) groups excluding carboxylic acids is 2. The summed E-state index contributed by atoms with van der Waals surface area (Å²) in [6.45, 7) is 2.06. The molecular weight excluding hydrogens is 372 g/mol. The van der Waals surface area contributed by atoms with E-state index in [0.29, 0.717) is 22.8 Å². The number of nitrogens with one attached hydrogen (secondary N) is 1. The van der Waals surface area contributed by atoms with Crippen LogP contribution in [-0.2, 0) is 9.59 Å². The highest BCUT2D eigenvalue weighted by Gasteiger charge is 2.41. The highest BCUT2D eigenvalue weighted by Crippen LogP contribution is 2.35. The first kappa shape index (κ1) is 19.2. The third-order valence-corrected chi connectivity index (χ3v) is 6.43. The predicted octanol–water partition coefficient (Wildman–Crippen LogP) is 3.63. The van der Waals surface area contributed by atoms with Gasteiger partial charge in [0.25, 0.3) is 5.91 Å². The third-order valence-electron chi connectivity index (χ3n) is 5.47. The van der Waals surface area contributed by atoms with Crippen LogP contribution < -0.4 is 5.32 Å². The first-order valence-corrected chi connectivity index (χ1v) is 11.2. The molecule has 2 heterocycles. The maximum absolute atomic E-state index is 12.5. The zero-order valence-electron chi connectivity index (χ0n) is 16.2. The van der Waals surface area contributed by atoms with Crippen LogP contribution in [0.5, 0.6) is 0 Å². The number of para-hydroxylation sites is 1. The van der Waals surface area contributed by atoms with E-state index >= 15 is 0 Å². The molecule has 148 valence electrons. The van der Waals surface area contributed by atoms with E-state index in [9.17, 15) is 9.59 Å². The molecule has 4 rings (SSSR count). The standard InChI is InChI=1S/C21H26N4O2S/c1-2-8-17-20(27)24-19-15-11-6-7-12-16(15)23-21(25(17)19)28-13-18(26)22-14-9-4-3-5-10-14/h6-7,11-12,14,17H,2-5,8-10,13H2,1H3,(H,22,26). The molecule has 1 saturated carbocycles. The summed E-state index contributed by atoms with van der Waals surface area (Å²) in [5.74, 6) is 0.890. The number of thioether (sulfide) groups is 1. The quantitative estimate of drug-likeness (QED) is 0.822. The van der Waals surface area contributed by atoms with Crippen molar-refractivity contribution in [1.82, 2.24) is 10.2 Å². The van der Waals surface area contributed by atoms with Crippen molar-refractivity contribution >= 4 is 40.3 Å². The van der Waals surface area contributed by atoms with Crippen molar-refractivity contribution in [1.29, 1.82) is 0 Å². The van der Waals surface area contributed by atoms with Crippen molar-refractivity contribution < 1.29 is 9.59 Å². The first-order chi connectivity index (χ1) is 13.7. The second-order valence-electron chi connectivity index (χ2n) is 7.55. The molecule has 1 fully saturated rings. The number of hydrogen-bond acceptors (Lipinski definition) is 5. The van der Waals surface area contributed by atoms with Crippen LogP contribution in [0.25, 0.3) is 0 Å². The summed E-state index contributed by atoms with van der Waals surface area (Å²) < 4.78 is 0. The van der Waals surface area contributed by atoms with Crippen molar-refractivity contribution in [2.24, 2.45) is 9.98 Å². The Morgan fingerprint density at radius 3 is 2.79 bits per heavy atom. The average Bonchev–Trinajstić information content (AvgIpc) is 3.04. The van der Waals surface area contributed by atoms with E-state index in [2.05, 4.69) is 17.2 Å². The van der Waals surface area contributed by atoms with Crippen molar-refractivity contribution in [2.45, 2.75) is 64.0 Å². The number of benzene rings is 1. The van der Waals surface area contributed by atoms with E-state index in [1.54, 1.807) is 0 Å². The first-order valence-electron chi connectivity index (χ1n) is 10.2. The summed E-state index contributed by atoms with van der Waals surface area (Å²) in [7, 11) is 0. The van der Waals surface area contributed by atoms with E-state index < -0.39 is 0 Å². The van der Waals surface area contributed by atoms with Gasteiger partial charge in [0.05, 0.1) is 11.4 Å². The molecular formula is C21H26N4O2S. The molecule has 1 aromatic rings. The van der Waals surface area contributed by atoms with Gasteiger partial charge in [-0.1, -0.05) is 56.5 Å². The Labute approximate surface area is 169 Å². The van der Waals surface area contributed by atoms with Gasteiger partial charge in [0.15, 0.2) is 5.17 Å². The fraction of sp³-hybridized carbons (Fsp3) is 0.524. The van der Waals surface area contributed by atoms with Crippen molar-refractivity contribution in [3.63, 3.8) is 0 Å². The Balaban J connectivity index is 1.51. The van der Waals surface area contributed by atoms with Crippen LogP contribution in [0, 0.1) is 0 Å². The van der Waals surface area contributed by atoms with E-state index in [1.165, 1.54) is 31.0 Å². The minimum atomic E-state index is -0.319. The lowest BCUT2D eigenvalue weighted by atomic mass is 9.95. The molecule has 0 bridgehead atoms. The molecule has 0 aromatic heterocycles. The molecule has 0 saturated heterocycles. The van der Waals surface area contributed by atoms with Crippen molar-refractivity contribution in [3.05, 3.63) is 29.8 Å². The Morgan fingerprint density at radius 2 is 2.00 bits per heavy atom. The lowest BCUT2D eigenvalue weighted by Crippen LogP contribution is -2.44. The summed E-state index contributed by atoms with van der Waals surface area (Å²) >= 11 is 1.40. The van der Waals surface area contributed by atoms with E-state index in [-0.39, 0.29) is 17.9 Å². The van der Waals surface area contributed by atoms with Gasteiger partial charge in [-0.2, -0.15) is 4.99 Å². The monoisotopic (exact) mass is 398 g/mol. The van der Waals surface area contributed by atoms with Crippen LogP contribution in [-0.4, -0.2) is 45.6 Å². The maximum atomic E-state index is 12.5. The van der Waals surface area contributed by atoms with Gasteiger partial charge < -0.3 is 5.32 Å². The number of carbonyl (C=O) groups is 2. The van der Waals surface area contributed by atoms with Crippen LogP contribution >= 0.6 is 11.8 Å². The molecule has 1 atom stereocenters. The highest BCUT2D eigenvalue weighted by atomic mass is 32.2. The van der Waals surface area contributed by atoms with Gasteiger partial charge in [0.1, 0.15) is 11.9 Å². The summed E-state index contributed by atoms with van der Waals surface area (Å²) in [5, 5.41) is 3.85. The van der Waals surface area contributed by atoms with Gasteiger partial charge in [-0.3, -0.25) is 14.5 Å². The minimum Gasteiger partial charge on any atom is -0.353 e. The third kappa shape index (κ3) is 3.85. The van der Waals surface area contributed by atoms with Crippen molar-refractivity contribution in [3.8, 4) is 0 Å². The van der Waals surface area contributed by atoms with Crippen LogP contribution in [0.1, 0.15) is 57.4 Å². The lowest BCUT2D eigenvalue weighted by Gasteiger charge is -2.31. The average molecular weight is 399 g/mol. The summed E-state index contributed by atoms with van der Waals surface area (Å²) in [5.41, 5.74) is 1.68. The van der Waals surface area contributed by atoms with E-state index in [1.807, 2.05) is 29.2 Å². The van der Waals surface area contributed by atoms with Gasteiger partial charge in [-0.25, -0.2) is 4.99 Å². The molecule has 1 unspecified atom stereocenters. The van der Waals surface area contributed by atoms with Gasteiger partial charge in [-0.15, -0.1) is 0 Å². The number of nitrogens with zero attached hydrogens (tertiary/aromatic N) is 3. The topological polar surface area (TPSA) is 74.1 Å². The molecule has 2 amide bonds. The molecule has 7 heteroatoms. The fourth-order valence-corrected chi connectivity index (χ4v) is 4.96. The molecule has 0 radical (unpaired) electrons. The van der Waals surface area contributed by atoms with E-state index in [4.69, 9.17) is 4.99 Å². The number of aliphatic imine (C=N–C) groups is 2. The SMILES string of the molecule is CCCC1C(=O)N=C2c3ccccc3N=C(SCC(=O)NC3CCCCC3)N21. The zero-order valence-corrected chi connectivity index (χ0v) is 17.0. The molecule has 1 aliphatic carbocycles. The highest BCUT2D eigenvalue weighted by molar-refractivity contribution is 8.14. The molecule has 0 spiro atoms. The smallest absolute Gasteiger partial charge is 0.270 e. The van der Waals surface area contributed by atoms with Gasteiger partial charge in [-0.05, 0) is 31.4 Å². The maximum Gasteiger partial charge on any atom is 0.270 e. The Bertz CT molecular complexity index is 829. The Hall–Kier alpha value is -2.15. The van der Waals surface area contributed by atoms with Crippen LogP contribution in [0.2, 0.25) is 0 Å². The predicted molar refractivity (Wildman–Crippen MR) is 113 cm³/mol. The summed E-state index contributed by atoms with van der Waals surface area (Å²) in [6.07, 6.45) is 7.40. The molecule has 28 heavy (non-hydrogen) atoms. The summed E-state index contributed by atoms with van der Waals surface area (Å²) in [4.78, 5) is 36.0. The van der Waals surface area contributed by atoms with Gasteiger partial charge in [0.2, 0.25) is 5.91 Å². The largest absolute Gasteiger partial charge is 0.353 e. The molecule has 2 aliphatic heterocycles. The van der Waals surface area contributed by atoms with Gasteiger partial charge in [0, 0.05) is 11.6 Å². The number of amidine groups is 2. The second kappa shape index (κ2) is 8.47. The Morgan fingerprint density at radius 1 is 1.21 bits per heavy atom. The summed E-state index contributed by atoms with van der Waals surface area (Å²) in [6, 6.07) is 7.72. The number of rotatable bonds is 5. The normalized spacial score (nSPS) is 21.7. The molecule has 3 aliphatic rings. The number of amides is 2. The second-order valence-corrected chi connectivity index (χ2v) is 8.49.